The number of fused-ring (bicyclic) bond motifs is 2. The van der Waals surface area contributed by atoms with Crippen LogP contribution in [0.2, 0.25) is 0 Å². The van der Waals surface area contributed by atoms with Gasteiger partial charge in [-0.1, -0.05) is 168 Å². The topological polar surface area (TPSA) is 333 Å². The van der Waals surface area contributed by atoms with E-state index >= 15 is 0 Å². The van der Waals surface area contributed by atoms with Gasteiger partial charge in [-0.25, -0.2) is 0 Å². The van der Waals surface area contributed by atoms with Crippen molar-refractivity contribution in [2.75, 3.05) is 0 Å². The Balaban J connectivity index is 1.30. The van der Waals surface area contributed by atoms with E-state index in [1.165, 1.54) is 39.5 Å². The van der Waals surface area contributed by atoms with Gasteiger partial charge in [-0.15, -0.1) is 0 Å². The van der Waals surface area contributed by atoms with E-state index in [1.54, 1.807) is 20.8 Å². The number of hydrogen-bond acceptors (Lipinski definition) is 24. The molecule has 6 aliphatic heterocycles. The fourth-order valence-electron chi connectivity index (χ4n) is 13.3. The zero-order chi connectivity index (χ0) is 66.9. The third-order valence-corrected chi connectivity index (χ3v) is 19.1. The SMILES string of the molecule is CCCCCCCCCCCC(=O)OC1C(C)OC(OC2C(C)OC(OC3C(C)OC4OC5C(OC(CCCCC)CCCCCCCCCC(=O)OC4C3O)OC(C)C(O)C5O)C(OC(=O)CCCCCCCCC)C2OC2OC(C)C(O)C(O)C2O)C(O)C1O. The van der Waals surface area contributed by atoms with Crippen LogP contribution in [0.15, 0.2) is 0 Å². The number of unbranched alkanes of at least 4 members (excludes halogenated alkanes) is 16. The lowest BCUT2D eigenvalue weighted by molar-refractivity contribution is -0.399. The molecule has 536 valence electrons. The van der Waals surface area contributed by atoms with Crippen molar-refractivity contribution in [3.05, 3.63) is 0 Å². The van der Waals surface area contributed by atoms with E-state index in [4.69, 9.17) is 61.6 Å². The second-order valence-corrected chi connectivity index (χ2v) is 27.0. The van der Waals surface area contributed by atoms with Crippen LogP contribution >= 0.6 is 0 Å². The number of hydrogen-bond donors (Lipinski definition) is 8. The first-order valence-corrected chi connectivity index (χ1v) is 35.8. The minimum atomic E-state index is -1.90. The summed E-state index contributed by atoms with van der Waals surface area (Å²) in [6, 6.07) is 0. The van der Waals surface area contributed by atoms with E-state index in [0.717, 1.165) is 122 Å². The molecule has 26 atom stereocenters. The Morgan fingerprint density at radius 2 is 0.815 bits per heavy atom. The highest BCUT2D eigenvalue weighted by Crippen LogP contribution is 2.40. The second kappa shape index (κ2) is 41.2. The van der Waals surface area contributed by atoms with Crippen LogP contribution in [-0.4, -0.2) is 218 Å². The molecule has 0 aliphatic carbocycles. The molecule has 24 heteroatoms. The zero-order valence-corrected chi connectivity index (χ0v) is 56.5. The van der Waals surface area contributed by atoms with Crippen LogP contribution in [0.1, 0.15) is 254 Å². The fraction of sp³-hybridized carbons (Fsp3) is 0.956. The smallest absolute Gasteiger partial charge is 0.306 e. The number of esters is 3. The molecule has 0 aromatic carbocycles. The molecule has 6 heterocycles. The highest BCUT2D eigenvalue weighted by Gasteiger charge is 2.58. The monoisotopic (exact) mass is 1320 g/mol. The van der Waals surface area contributed by atoms with Crippen molar-refractivity contribution < 1.29 is 117 Å². The number of carbonyl (C=O) groups is 3. The summed E-state index contributed by atoms with van der Waals surface area (Å²) in [5.74, 6) is -2.00. The summed E-state index contributed by atoms with van der Waals surface area (Å²) in [6.07, 6.45) is -12.3. The summed E-state index contributed by atoms with van der Waals surface area (Å²) in [6.45, 7) is 14.1. The van der Waals surface area contributed by atoms with Crippen molar-refractivity contribution >= 4 is 17.9 Å². The molecular formula is C68H120O24. The van der Waals surface area contributed by atoms with Gasteiger partial charge in [-0.05, 0) is 66.7 Å². The third kappa shape index (κ3) is 23.7. The van der Waals surface area contributed by atoms with Crippen LogP contribution in [0.4, 0.5) is 0 Å². The van der Waals surface area contributed by atoms with Crippen molar-refractivity contribution in [3.63, 3.8) is 0 Å². The van der Waals surface area contributed by atoms with Gasteiger partial charge in [0, 0.05) is 19.3 Å². The van der Waals surface area contributed by atoms with Crippen LogP contribution in [0.5, 0.6) is 0 Å². The maximum absolute atomic E-state index is 14.3. The normalized spacial score (nSPS) is 39.7. The van der Waals surface area contributed by atoms with Crippen LogP contribution in [0, 0.1) is 0 Å². The molecule has 0 aromatic heterocycles. The Kier molecular flexibility index (Phi) is 35.2. The van der Waals surface area contributed by atoms with E-state index in [0.29, 0.717) is 32.1 Å². The highest BCUT2D eigenvalue weighted by molar-refractivity contribution is 5.70. The van der Waals surface area contributed by atoms with Crippen molar-refractivity contribution in [1.29, 1.82) is 0 Å². The standard InChI is InChI=1S/C68H120O24/c1-9-12-15-17-19-20-24-28-32-37-46(69)86-57-42(6)82-65(55(78)53(57)76)90-59-44(8)84-68(63(88-48(71)39-34-27-22-18-16-13-10-2)62(59)92-64-54(77)51(74)49(72)40(4)80-64)89-58-43(7)83-67-61(56(58)79)87-47(70)38-33-29-25-21-23-26-31-36-45(35-30-14-11-3)85-66-60(91-67)52(75)50(73)41(5)81-66/h40-45,49-68,72-79H,9-39H2,1-8H3. The highest BCUT2D eigenvalue weighted by atomic mass is 16.8. The molecule has 92 heavy (non-hydrogen) atoms. The number of aliphatic hydroxyl groups is 8. The lowest BCUT2D eigenvalue weighted by atomic mass is 9.95. The minimum Gasteiger partial charge on any atom is -0.457 e. The van der Waals surface area contributed by atoms with Crippen molar-refractivity contribution in [2.24, 2.45) is 0 Å². The molecule has 0 bridgehead atoms. The van der Waals surface area contributed by atoms with Gasteiger partial charge in [0.1, 0.15) is 73.2 Å². The number of rotatable bonds is 30. The molecule has 0 saturated carbocycles. The first-order chi connectivity index (χ1) is 44.2. The summed E-state index contributed by atoms with van der Waals surface area (Å²) in [7, 11) is 0. The summed E-state index contributed by atoms with van der Waals surface area (Å²) in [4.78, 5) is 41.4. The largest absolute Gasteiger partial charge is 0.457 e. The average molecular weight is 1320 g/mol. The van der Waals surface area contributed by atoms with E-state index < -0.39 is 171 Å². The van der Waals surface area contributed by atoms with Crippen molar-refractivity contribution in [2.45, 2.75) is 414 Å². The first kappa shape index (κ1) is 78.7. The Bertz CT molecular complexity index is 2060. The van der Waals surface area contributed by atoms with Gasteiger partial charge in [0.15, 0.2) is 49.8 Å². The van der Waals surface area contributed by atoms with Gasteiger partial charge in [0.05, 0.1) is 36.6 Å². The van der Waals surface area contributed by atoms with E-state index in [2.05, 4.69) is 20.8 Å². The Morgan fingerprint density at radius 1 is 0.380 bits per heavy atom. The van der Waals surface area contributed by atoms with Gasteiger partial charge in [0.25, 0.3) is 0 Å². The maximum Gasteiger partial charge on any atom is 0.306 e. The van der Waals surface area contributed by atoms with Crippen LogP contribution in [0.3, 0.4) is 0 Å². The van der Waals surface area contributed by atoms with E-state index in [9.17, 15) is 55.2 Å². The predicted molar refractivity (Wildman–Crippen MR) is 334 cm³/mol. The Hall–Kier alpha value is -2.31. The quantitative estimate of drug-likeness (QED) is 0.0197. The number of aliphatic hydroxyl groups excluding tert-OH is 8. The van der Waals surface area contributed by atoms with Gasteiger partial charge < -0.3 is 102 Å². The molecule has 24 nitrogen and oxygen atoms in total. The molecule has 6 saturated heterocycles. The third-order valence-electron chi connectivity index (χ3n) is 19.1. The predicted octanol–water partition coefficient (Wildman–Crippen LogP) is 7.43. The molecule has 26 unspecified atom stereocenters. The molecule has 0 amide bonds. The van der Waals surface area contributed by atoms with Crippen molar-refractivity contribution in [1.82, 2.24) is 0 Å². The Morgan fingerprint density at radius 3 is 1.42 bits per heavy atom. The minimum absolute atomic E-state index is 0.0200. The molecule has 6 fully saturated rings. The van der Waals surface area contributed by atoms with E-state index in [1.807, 2.05) is 0 Å². The van der Waals surface area contributed by atoms with Gasteiger partial charge >= 0.3 is 17.9 Å². The number of carbonyl (C=O) groups excluding carboxylic acids is 3. The maximum atomic E-state index is 14.3. The van der Waals surface area contributed by atoms with Gasteiger partial charge in [-0.3, -0.25) is 14.4 Å². The number of ether oxygens (including phenoxy) is 13. The lowest BCUT2D eigenvalue weighted by Gasteiger charge is -2.51. The molecule has 6 rings (SSSR count). The average Bonchev–Trinajstić information content (AvgIpc) is 0.784. The van der Waals surface area contributed by atoms with Crippen LogP contribution in [0.25, 0.3) is 0 Å². The molecule has 6 aliphatic rings. The lowest BCUT2D eigenvalue weighted by Crippen LogP contribution is -2.68. The van der Waals surface area contributed by atoms with E-state index in [-0.39, 0.29) is 25.4 Å². The molecule has 0 radical (unpaired) electrons. The van der Waals surface area contributed by atoms with Gasteiger partial charge in [-0.2, -0.15) is 0 Å². The fourth-order valence-corrected chi connectivity index (χ4v) is 13.3. The molecule has 0 spiro atoms. The zero-order valence-electron chi connectivity index (χ0n) is 56.5. The molecular weight excluding hydrogens is 1200 g/mol. The van der Waals surface area contributed by atoms with Gasteiger partial charge in [0.2, 0.25) is 0 Å². The summed E-state index contributed by atoms with van der Waals surface area (Å²) >= 11 is 0. The van der Waals surface area contributed by atoms with Crippen LogP contribution in [-0.2, 0) is 76.0 Å². The summed E-state index contributed by atoms with van der Waals surface area (Å²) in [5, 5.41) is 92.5. The Labute approximate surface area is 546 Å². The van der Waals surface area contributed by atoms with Crippen molar-refractivity contribution in [3.8, 4) is 0 Å². The molecule has 8 N–H and O–H groups in total. The first-order valence-electron chi connectivity index (χ1n) is 35.8. The summed E-state index contributed by atoms with van der Waals surface area (Å²) in [5.41, 5.74) is 0. The summed E-state index contributed by atoms with van der Waals surface area (Å²) < 4.78 is 82.8. The van der Waals surface area contributed by atoms with Crippen LogP contribution < -0.4 is 0 Å². The second-order valence-electron chi connectivity index (χ2n) is 27.0. The molecule has 0 aromatic rings.